The Balaban J connectivity index is 0.00000191. The number of nitrogens with zero attached hydrogens (tertiary/aromatic N) is 1. The van der Waals surface area contributed by atoms with Crippen molar-refractivity contribution in [1.82, 2.24) is 5.32 Å². The van der Waals surface area contributed by atoms with Crippen molar-refractivity contribution in [2.45, 2.75) is 13.8 Å². The van der Waals surface area contributed by atoms with Gasteiger partial charge in [-0.3, -0.25) is 4.99 Å². The van der Waals surface area contributed by atoms with E-state index in [4.69, 9.17) is 14.2 Å². The number of ether oxygens (including phenoxy) is 3. The van der Waals surface area contributed by atoms with Gasteiger partial charge in [-0.1, -0.05) is 13.8 Å². The first-order valence-electron chi connectivity index (χ1n) is 7.26. The van der Waals surface area contributed by atoms with Crippen LogP contribution in [0.2, 0.25) is 0 Å². The molecule has 0 aliphatic heterocycles. The van der Waals surface area contributed by atoms with Gasteiger partial charge in [-0.05, 0) is 30.8 Å². The number of aliphatic imine (C=N–C) groups is 1. The summed E-state index contributed by atoms with van der Waals surface area (Å²) in [7, 11) is 5.18. The number of methoxy groups -OCH3 is 2. The zero-order chi connectivity index (χ0) is 15.9. The highest BCUT2D eigenvalue weighted by Crippen LogP contribution is 2.27. The van der Waals surface area contributed by atoms with Crippen molar-refractivity contribution in [3.05, 3.63) is 23.8 Å². The second kappa shape index (κ2) is 13.4. The minimum absolute atomic E-state index is 0.502. The van der Waals surface area contributed by atoms with E-state index in [0.29, 0.717) is 24.7 Å². The van der Waals surface area contributed by atoms with Crippen molar-refractivity contribution in [2.24, 2.45) is 4.99 Å². The second-order valence-electron chi connectivity index (χ2n) is 3.89. The average molecular weight is 296 g/mol. The SMILES string of the molecule is CC.CNCCN=Cc1ccc(OCCOC)c(OC)c1. The molecular formula is C16H28N2O3. The number of hydrogen-bond acceptors (Lipinski definition) is 5. The highest BCUT2D eigenvalue weighted by atomic mass is 16.5. The van der Waals surface area contributed by atoms with E-state index in [0.717, 1.165) is 18.7 Å². The molecule has 0 aromatic heterocycles. The van der Waals surface area contributed by atoms with Crippen LogP contribution < -0.4 is 14.8 Å². The topological polar surface area (TPSA) is 52.1 Å². The van der Waals surface area contributed by atoms with E-state index in [1.807, 2.05) is 45.3 Å². The smallest absolute Gasteiger partial charge is 0.161 e. The minimum Gasteiger partial charge on any atom is -0.493 e. The molecule has 0 bridgehead atoms. The third-order valence-corrected chi connectivity index (χ3v) is 2.46. The molecule has 1 aromatic carbocycles. The van der Waals surface area contributed by atoms with Crippen LogP contribution in [0.15, 0.2) is 23.2 Å². The molecule has 21 heavy (non-hydrogen) atoms. The van der Waals surface area contributed by atoms with Gasteiger partial charge in [0.05, 0.1) is 20.3 Å². The molecule has 0 amide bonds. The lowest BCUT2D eigenvalue weighted by atomic mass is 10.2. The number of likely N-dealkylation sites (N-methyl/N-ethyl adjacent to an activating group) is 1. The van der Waals surface area contributed by atoms with Gasteiger partial charge in [-0.25, -0.2) is 0 Å². The zero-order valence-corrected chi connectivity index (χ0v) is 13.8. The Morgan fingerprint density at radius 2 is 1.90 bits per heavy atom. The van der Waals surface area contributed by atoms with Crippen LogP contribution in [0, 0.1) is 0 Å². The molecule has 5 heteroatoms. The van der Waals surface area contributed by atoms with Gasteiger partial charge >= 0.3 is 0 Å². The largest absolute Gasteiger partial charge is 0.493 e. The van der Waals surface area contributed by atoms with Crippen LogP contribution in [0.3, 0.4) is 0 Å². The van der Waals surface area contributed by atoms with Crippen LogP contribution in [0.1, 0.15) is 19.4 Å². The van der Waals surface area contributed by atoms with Crippen LogP contribution in [-0.2, 0) is 4.74 Å². The van der Waals surface area contributed by atoms with Crippen LogP contribution in [-0.4, -0.2) is 53.8 Å². The van der Waals surface area contributed by atoms with Crippen LogP contribution in [0.25, 0.3) is 0 Å². The van der Waals surface area contributed by atoms with Gasteiger partial charge in [0.1, 0.15) is 6.61 Å². The summed E-state index contributed by atoms with van der Waals surface area (Å²) >= 11 is 0. The summed E-state index contributed by atoms with van der Waals surface area (Å²) in [6.45, 7) is 6.68. The maximum Gasteiger partial charge on any atom is 0.161 e. The van der Waals surface area contributed by atoms with E-state index in [2.05, 4.69) is 10.3 Å². The first-order valence-corrected chi connectivity index (χ1v) is 7.26. The van der Waals surface area contributed by atoms with Crippen LogP contribution in [0.5, 0.6) is 11.5 Å². The summed E-state index contributed by atoms with van der Waals surface area (Å²) in [5.74, 6) is 1.42. The summed E-state index contributed by atoms with van der Waals surface area (Å²) in [6.07, 6.45) is 1.83. The number of benzene rings is 1. The van der Waals surface area contributed by atoms with Crippen LogP contribution >= 0.6 is 0 Å². The lowest BCUT2D eigenvalue weighted by Crippen LogP contribution is -2.10. The van der Waals surface area contributed by atoms with Gasteiger partial charge < -0.3 is 19.5 Å². The summed E-state index contributed by atoms with van der Waals surface area (Å²) in [6, 6.07) is 5.74. The van der Waals surface area contributed by atoms with Gasteiger partial charge in [0.2, 0.25) is 0 Å². The van der Waals surface area contributed by atoms with E-state index in [1.54, 1.807) is 14.2 Å². The zero-order valence-electron chi connectivity index (χ0n) is 13.8. The minimum atomic E-state index is 0.502. The summed E-state index contributed by atoms with van der Waals surface area (Å²) in [5, 5.41) is 3.04. The first-order chi connectivity index (χ1) is 10.3. The molecule has 5 nitrogen and oxygen atoms in total. The molecule has 0 spiro atoms. The normalized spacial score (nSPS) is 10.1. The third kappa shape index (κ3) is 8.32. The van der Waals surface area contributed by atoms with E-state index in [-0.39, 0.29) is 0 Å². The molecule has 0 radical (unpaired) electrons. The number of hydrogen-bond donors (Lipinski definition) is 1. The fourth-order valence-electron chi connectivity index (χ4n) is 1.46. The van der Waals surface area contributed by atoms with Gasteiger partial charge in [-0.15, -0.1) is 0 Å². The van der Waals surface area contributed by atoms with E-state index in [9.17, 15) is 0 Å². The Labute approximate surface area is 128 Å². The van der Waals surface area contributed by atoms with Crippen molar-refractivity contribution in [3.63, 3.8) is 0 Å². The molecule has 120 valence electrons. The molecule has 1 rings (SSSR count). The Morgan fingerprint density at radius 3 is 2.52 bits per heavy atom. The average Bonchev–Trinajstić information content (AvgIpc) is 2.54. The highest BCUT2D eigenvalue weighted by Gasteiger charge is 2.04. The Morgan fingerprint density at radius 1 is 1.14 bits per heavy atom. The summed E-state index contributed by atoms with van der Waals surface area (Å²) < 4.78 is 15.8. The molecule has 1 aromatic rings. The molecule has 1 N–H and O–H groups in total. The molecule has 0 unspecified atom stereocenters. The molecular weight excluding hydrogens is 268 g/mol. The van der Waals surface area contributed by atoms with Crippen molar-refractivity contribution in [1.29, 1.82) is 0 Å². The van der Waals surface area contributed by atoms with Gasteiger partial charge in [0.15, 0.2) is 11.5 Å². The van der Waals surface area contributed by atoms with Gasteiger partial charge in [-0.2, -0.15) is 0 Å². The van der Waals surface area contributed by atoms with Crippen LogP contribution in [0.4, 0.5) is 0 Å². The number of rotatable bonds is 9. The second-order valence-corrected chi connectivity index (χ2v) is 3.89. The third-order valence-electron chi connectivity index (χ3n) is 2.46. The molecule has 0 atom stereocenters. The molecule has 0 saturated carbocycles. The van der Waals surface area contributed by atoms with E-state index in [1.165, 1.54) is 0 Å². The predicted molar refractivity (Wildman–Crippen MR) is 88.1 cm³/mol. The molecule has 0 aliphatic rings. The van der Waals surface area contributed by atoms with Crippen molar-refractivity contribution >= 4 is 6.21 Å². The first kappa shape index (κ1) is 19.4. The maximum atomic E-state index is 5.56. The Bertz CT molecular complexity index is 395. The molecule has 0 heterocycles. The van der Waals surface area contributed by atoms with Crippen molar-refractivity contribution in [2.75, 3.05) is 47.6 Å². The fraction of sp³-hybridized carbons (Fsp3) is 0.562. The number of nitrogens with one attached hydrogen (secondary N) is 1. The molecule has 0 saturated heterocycles. The van der Waals surface area contributed by atoms with Crippen molar-refractivity contribution in [3.8, 4) is 11.5 Å². The van der Waals surface area contributed by atoms with Gasteiger partial charge in [0, 0.05) is 19.9 Å². The molecule has 0 aliphatic carbocycles. The highest BCUT2D eigenvalue weighted by molar-refractivity contribution is 5.80. The van der Waals surface area contributed by atoms with Gasteiger partial charge in [0.25, 0.3) is 0 Å². The monoisotopic (exact) mass is 296 g/mol. The van der Waals surface area contributed by atoms with E-state index >= 15 is 0 Å². The Kier molecular flexibility index (Phi) is 12.4. The lowest BCUT2D eigenvalue weighted by Gasteiger charge is -2.10. The van der Waals surface area contributed by atoms with E-state index < -0.39 is 0 Å². The standard InChI is InChI=1S/C14H22N2O3.C2H6/c1-15-6-7-16-11-12-4-5-13(14(10-12)18-3)19-9-8-17-2;1-2/h4-5,10-11,15H,6-9H2,1-3H3;1-2H3. The maximum absolute atomic E-state index is 5.56. The lowest BCUT2D eigenvalue weighted by molar-refractivity contribution is 0.144. The van der Waals surface area contributed by atoms with Crippen molar-refractivity contribution < 1.29 is 14.2 Å². The Hall–Kier alpha value is -1.59. The quantitative estimate of drug-likeness (QED) is 0.561. The summed E-state index contributed by atoms with van der Waals surface area (Å²) in [4.78, 5) is 4.31. The predicted octanol–water partition coefficient (Wildman–Crippen LogP) is 2.38. The fourth-order valence-corrected chi connectivity index (χ4v) is 1.46. The summed E-state index contributed by atoms with van der Waals surface area (Å²) in [5.41, 5.74) is 0.993. The molecule has 0 fully saturated rings.